The predicted octanol–water partition coefficient (Wildman–Crippen LogP) is 5.30. The van der Waals surface area contributed by atoms with Gasteiger partial charge in [-0.2, -0.15) is 4.39 Å². The minimum Gasteiger partial charge on any atom is -0.480 e. The van der Waals surface area contributed by atoms with Gasteiger partial charge in [0.25, 0.3) is 5.91 Å². The first kappa shape index (κ1) is 50.9. The van der Waals surface area contributed by atoms with Crippen LogP contribution in [-0.2, 0) is 28.7 Å². The van der Waals surface area contributed by atoms with Crippen molar-refractivity contribution in [3.8, 4) is 17.0 Å². The third kappa shape index (κ3) is 13.2. The Hall–Kier alpha value is -5.98. The molecule has 5 amide bonds. The summed E-state index contributed by atoms with van der Waals surface area (Å²) < 4.78 is 40.5. The number of amides is 5. The first-order chi connectivity index (χ1) is 33.5. The quantitative estimate of drug-likeness (QED) is 0.0688. The van der Waals surface area contributed by atoms with Crippen LogP contribution in [0.1, 0.15) is 81.8 Å². The summed E-state index contributed by atoms with van der Waals surface area (Å²) in [4.78, 5) is 77.8. The van der Waals surface area contributed by atoms with Crippen LogP contribution in [0.4, 0.5) is 13.9 Å². The van der Waals surface area contributed by atoms with Crippen LogP contribution in [0.3, 0.4) is 0 Å². The number of anilines is 1. The van der Waals surface area contributed by atoms with Crippen molar-refractivity contribution in [3.05, 3.63) is 101 Å². The molecule has 3 aliphatic rings. The Balaban J connectivity index is 0.978. The van der Waals surface area contributed by atoms with Gasteiger partial charge in [0.15, 0.2) is 23.3 Å². The van der Waals surface area contributed by atoms with E-state index < -0.39 is 71.8 Å². The highest BCUT2D eigenvalue weighted by molar-refractivity contribution is 7.14. The van der Waals surface area contributed by atoms with Crippen LogP contribution in [0.25, 0.3) is 11.3 Å². The number of nitrogens with zero attached hydrogens (tertiary/aromatic N) is 3. The van der Waals surface area contributed by atoms with E-state index in [1.165, 1.54) is 17.4 Å². The molecule has 1 aliphatic carbocycles. The molecular weight excluding hydrogens is 907 g/mol. The van der Waals surface area contributed by atoms with E-state index in [9.17, 15) is 28.4 Å². The standard InChI is InChI=1S/C51H64F2N8O7S/c1-33(54-2)47(63)58-44(36-19-10-5-11-20-36)50(66)61-26-14-21-40(61)48(64)59-45(42(34-15-6-3-7-16-34)35-17-8-4-9-18-35)49(65)56-25-13-12-24-55-41(62)31-68-46-37(22-23-38(52)43(46)53)39-32-69-51(57-39)60-27-29-67-30-28-60/h3-4,6-9,15-18,22-23,32-33,36,40,42,44-45,54H,5,10-14,19-21,24-31H2,1-2H3,(H,55,62)(H,56,65)(H,58,63)(H,59,64)/t33?,40-,44?,45?/m0/s1. The van der Waals surface area contributed by atoms with Gasteiger partial charge in [-0.1, -0.05) is 79.9 Å². The molecule has 7 rings (SSSR count). The molecular formula is C51H64F2N8O7S. The van der Waals surface area contributed by atoms with Crippen LogP contribution >= 0.6 is 11.3 Å². The minimum absolute atomic E-state index is 0.0494. The van der Waals surface area contributed by atoms with Gasteiger partial charge in [0.2, 0.25) is 29.4 Å². The summed E-state index contributed by atoms with van der Waals surface area (Å²) in [5.74, 6) is -5.35. The molecule has 3 heterocycles. The highest BCUT2D eigenvalue weighted by atomic mass is 32.1. The summed E-state index contributed by atoms with van der Waals surface area (Å²) in [5, 5.41) is 17.3. The third-order valence-corrected chi connectivity index (χ3v) is 14.2. The van der Waals surface area contributed by atoms with Crippen molar-refractivity contribution in [2.24, 2.45) is 5.92 Å². The number of halogens is 2. The van der Waals surface area contributed by atoms with Crippen molar-refractivity contribution in [2.45, 2.75) is 94.8 Å². The van der Waals surface area contributed by atoms with Crippen LogP contribution < -0.4 is 36.2 Å². The molecule has 0 spiro atoms. The molecule has 1 aromatic heterocycles. The zero-order chi connectivity index (χ0) is 48.7. The Bertz CT molecular complexity index is 2310. The van der Waals surface area contributed by atoms with Crippen LogP contribution in [0.5, 0.6) is 5.75 Å². The van der Waals surface area contributed by atoms with Crippen molar-refractivity contribution in [1.82, 2.24) is 36.5 Å². The molecule has 1 saturated carbocycles. The number of hydrogen-bond acceptors (Lipinski definition) is 11. The zero-order valence-electron chi connectivity index (χ0n) is 39.4. The van der Waals surface area contributed by atoms with Crippen LogP contribution in [0.2, 0.25) is 0 Å². The number of nitrogens with one attached hydrogen (secondary N) is 5. The van der Waals surface area contributed by atoms with E-state index >= 15 is 4.39 Å². The summed E-state index contributed by atoms with van der Waals surface area (Å²) in [6, 6.07) is 18.1. The molecule has 3 fully saturated rings. The van der Waals surface area contributed by atoms with Gasteiger partial charge in [0.1, 0.15) is 18.1 Å². The second-order valence-electron chi connectivity index (χ2n) is 17.9. The fraction of sp³-hybridized carbons (Fsp3) is 0.490. The Kier molecular flexibility index (Phi) is 18.5. The van der Waals surface area contributed by atoms with Gasteiger partial charge in [-0.05, 0) is 81.7 Å². The number of likely N-dealkylation sites (N-methyl/N-ethyl adjacent to an activating group) is 1. The smallest absolute Gasteiger partial charge is 0.257 e. The van der Waals surface area contributed by atoms with Gasteiger partial charge in [0.05, 0.1) is 24.9 Å². The summed E-state index contributed by atoms with van der Waals surface area (Å²) >= 11 is 1.37. The van der Waals surface area contributed by atoms with Crippen molar-refractivity contribution < 1.29 is 42.2 Å². The summed E-state index contributed by atoms with van der Waals surface area (Å²) in [6.45, 7) is 4.40. The van der Waals surface area contributed by atoms with Gasteiger partial charge in [-0.25, -0.2) is 9.37 Å². The number of aromatic nitrogens is 1. The molecule has 0 radical (unpaired) electrons. The monoisotopic (exact) mass is 970 g/mol. The number of likely N-dealkylation sites (tertiary alicyclic amines) is 1. The van der Waals surface area contributed by atoms with Gasteiger partial charge < -0.3 is 45.9 Å². The first-order valence-electron chi connectivity index (χ1n) is 24.2. The maximum atomic E-state index is 15.1. The van der Waals surface area contributed by atoms with Crippen LogP contribution in [-0.4, -0.2) is 123 Å². The molecule has 4 atom stereocenters. The SMILES string of the molecule is CNC(C)C(=O)NC(C(=O)N1CCC[C@H]1C(=O)NC(C(=O)NCCCCNC(=O)COc1c(-c2csc(N3CCOCC3)n2)ccc(F)c1F)C(c1ccccc1)c1ccccc1)C1CCCCC1. The average Bonchev–Trinajstić information content (AvgIpc) is 4.09. The molecule has 5 N–H and O–H groups in total. The lowest BCUT2D eigenvalue weighted by Gasteiger charge is -2.36. The Morgan fingerprint density at radius 3 is 2.14 bits per heavy atom. The fourth-order valence-electron chi connectivity index (χ4n) is 9.34. The van der Waals surface area contributed by atoms with E-state index in [1.807, 2.05) is 60.7 Å². The summed E-state index contributed by atoms with van der Waals surface area (Å²) in [7, 11) is 1.69. The normalized spacial score (nSPS) is 17.7. The predicted molar refractivity (Wildman–Crippen MR) is 260 cm³/mol. The molecule has 3 unspecified atom stereocenters. The average molecular weight is 971 g/mol. The van der Waals surface area contributed by atoms with Gasteiger partial charge in [0, 0.05) is 49.6 Å². The molecule has 3 aromatic carbocycles. The first-order valence-corrected chi connectivity index (χ1v) is 25.0. The van der Waals surface area contributed by atoms with Crippen molar-refractivity contribution in [1.29, 1.82) is 0 Å². The summed E-state index contributed by atoms with van der Waals surface area (Å²) in [5.41, 5.74) is 2.24. The van der Waals surface area contributed by atoms with Gasteiger partial charge >= 0.3 is 0 Å². The van der Waals surface area contributed by atoms with Gasteiger partial charge in [-0.15, -0.1) is 11.3 Å². The van der Waals surface area contributed by atoms with Crippen molar-refractivity contribution in [3.63, 3.8) is 0 Å². The third-order valence-electron chi connectivity index (χ3n) is 13.3. The number of hydrogen-bond donors (Lipinski definition) is 5. The van der Waals surface area contributed by atoms with E-state index in [4.69, 9.17) is 9.47 Å². The van der Waals surface area contributed by atoms with Crippen LogP contribution in [0, 0.1) is 17.6 Å². The lowest BCUT2D eigenvalue weighted by molar-refractivity contribution is -0.143. The number of benzene rings is 3. The Morgan fingerprint density at radius 1 is 0.812 bits per heavy atom. The molecule has 18 heteroatoms. The zero-order valence-corrected chi connectivity index (χ0v) is 40.2. The van der Waals surface area contributed by atoms with E-state index in [1.54, 1.807) is 24.3 Å². The van der Waals surface area contributed by atoms with Crippen LogP contribution in [0.15, 0.2) is 78.2 Å². The number of unbranched alkanes of at least 4 members (excludes halogenated alkanes) is 1. The molecule has 0 bridgehead atoms. The summed E-state index contributed by atoms with van der Waals surface area (Å²) in [6.07, 6.45) is 6.51. The Morgan fingerprint density at radius 2 is 1.48 bits per heavy atom. The van der Waals surface area contributed by atoms with Gasteiger partial charge in [-0.3, -0.25) is 24.0 Å². The molecule has 370 valence electrons. The number of rotatable bonds is 21. The fourth-order valence-corrected chi connectivity index (χ4v) is 10.2. The highest BCUT2D eigenvalue weighted by Crippen LogP contribution is 2.37. The minimum atomic E-state index is -1.22. The number of morpholine rings is 1. The maximum Gasteiger partial charge on any atom is 0.257 e. The van der Waals surface area contributed by atoms with E-state index in [0.29, 0.717) is 64.2 Å². The molecule has 15 nitrogen and oxygen atoms in total. The maximum absolute atomic E-state index is 15.1. The van der Waals surface area contributed by atoms with Crippen molar-refractivity contribution in [2.75, 3.05) is 64.5 Å². The molecule has 4 aromatic rings. The lowest BCUT2D eigenvalue weighted by Crippen LogP contribution is -2.59. The number of carbonyl (C=O) groups is 5. The van der Waals surface area contributed by atoms with E-state index in [0.717, 1.165) is 54.4 Å². The largest absolute Gasteiger partial charge is 0.480 e. The highest BCUT2D eigenvalue weighted by Gasteiger charge is 2.43. The molecule has 2 saturated heterocycles. The molecule has 69 heavy (non-hydrogen) atoms. The van der Waals surface area contributed by atoms with Crippen molar-refractivity contribution >= 4 is 46.0 Å². The van der Waals surface area contributed by atoms with E-state index in [-0.39, 0.29) is 36.4 Å². The second-order valence-corrected chi connectivity index (χ2v) is 18.7. The Labute approximate surface area is 406 Å². The topological polar surface area (TPSA) is 183 Å². The number of ether oxygens (including phenoxy) is 2. The number of carbonyl (C=O) groups excluding carboxylic acids is 5. The number of thiazole rings is 1. The molecule has 2 aliphatic heterocycles. The van der Waals surface area contributed by atoms with E-state index in [2.05, 4.69) is 36.5 Å². The lowest BCUT2D eigenvalue weighted by atomic mass is 9.83. The second kappa shape index (κ2) is 25.0.